The first kappa shape index (κ1) is 22.1. The number of nitrogens with zero attached hydrogens (tertiary/aromatic N) is 3. The van der Waals surface area contributed by atoms with Gasteiger partial charge in [0.05, 0.1) is 32.9 Å². The highest BCUT2D eigenvalue weighted by atomic mass is 16.5. The Morgan fingerprint density at radius 1 is 1.12 bits per heavy atom. The minimum atomic E-state index is -0.355. The lowest BCUT2D eigenvalue weighted by Crippen LogP contribution is -2.59. The number of nitrogens with one attached hydrogen (secondary N) is 1. The molecule has 32 heavy (non-hydrogen) atoms. The van der Waals surface area contributed by atoms with Gasteiger partial charge in [0.2, 0.25) is 0 Å². The van der Waals surface area contributed by atoms with E-state index < -0.39 is 0 Å². The Morgan fingerprint density at radius 2 is 1.84 bits per heavy atom. The number of anilines is 1. The maximum absolute atomic E-state index is 13.6. The molecule has 0 spiro atoms. The molecule has 0 saturated carbocycles. The van der Waals surface area contributed by atoms with E-state index in [1.54, 1.807) is 24.1 Å². The zero-order valence-corrected chi connectivity index (χ0v) is 18.2. The quantitative estimate of drug-likeness (QED) is 0.401. The van der Waals surface area contributed by atoms with Gasteiger partial charge in [-0.05, 0) is 29.8 Å². The molecule has 2 heterocycles. The number of urea groups is 1. The Bertz CT molecular complexity index is 940. The summed E-state index contributed by atoms with van der Waals surface area (Å²) < 4.78 is 10.7. The van der Waals surface area contributed by atoms with Crippen LogP contribution in [0.4, 0.5) is 10.5 Å². The number of rotatable bonds is 6. The Labute approximate surface area is 187 Å². The number of methoxy groups -OCH3 is 1. The summed E-state index contributed by atoms with van der Waals surface area (Å²) >= 11 is 0. The van der Waals surface area contributed by atoms with Crippen molar-refractivity contribution in [1.29, 1.82) is 0 Å². The van der Waals surface area contributed by atoms with Gasteiger partial charge in [-0.2, -0.15) is 0 Å². The predicted molar refractivity (Wildman–Crippen MR) is 120 cm³/mol. The second-order valence-corrected chi connectivity index (χ2v) is 7.95. The molecule has 2 aliphatic rings. The summed E-state index contributed by atoms with van der Waals surface area (Å²) in [6, 6.07) is 15.0. The van der Waals surface area contributed by atoms with Crippen molar-refractivity contribution >= 4 is 17.6 Å². The minimum Gasteiger partial charge on any atom is -0.497 e. The number of hydrogen-bond acceptors (Lipinski definition) is 6. The van der Waals surface area contributed by atoms with Crippen LogP contribution < -0.4 is 20.9 Å². The third kappa shape index (κ3) is 4.85. The number of hydrogen-bond donors (Lipinski definition) is 2. The van der Waals surface area contributed by atoms with Crippen molar-refractivity contribution in [1.82, 2.24) is 15.2 Å². The van der Waals surface area contributed by atoms with Gasteiger partial charge in [-0.15, -0.1) is 0 Å². The van der Waals surface area contributed by atoms with Crippen molar-refractivity contribution in [3.63, 3.8) is 0 Å². The summed E-state index contributed by atoms with van der Waals surface area (Å²) in [5.74, 6) is 5.54. The topological polar surface area (TPSA) is 100 Å². The molecular weight excluding hydrogens is 410 g/mol. The molecule has 0 bridgehead atoms. The van der Waals surface area contributed by atoms with Crippen molar-refractivity contribution in [2.45, 2.75) is 12.6 Å². The van der Waals surface area contributed by atoms with Crippen LogP contribution in [0.1, 0.15) is 15.9 Å². The molecule has 3 amide bonds. The highest BCUT2D eigenvalue weighted by molar-refractivity contribution is 5.94. The van der Waals surface area contributed by atoms with E-state index in [0.717, 1.165) is 37.6 Å². The number of carbonyl (C=O) groups is 2. The molecule has 2 fully saturated rings. The molecular formula is C23H29N5O4. The normalized spacial score (nSPS) is 16.9. The van der Waals surface area contributed by atoms with Crippen molar-refractivity contribution in [2.75, 3.05) is 51.4 Å². The molecule has 2 aromatic carbocycles. The lowest BCUT2D eigenvalue weighted by molar-refractivity contribution is -0.0738. The molecule has 0 unspecified atom stereocenters. The van der Waals surface area contributed by atoms with Gasteiger partial charge in [0, 0.05) is 43.5 Å². The van der Waals surface area contributed by atoms with Crippen LogP contribution in [0.15, 0.2) is 48.5 Å². The molecule has 2 aliphatic heterocycles. The average Bonchev–Trinajstić information content (AvgIpc) is 2.81. The van der Waals surface area contributed by atoms with Gasteiger partial charge in [-0.3, -0.25) is 20.0 Å². The van der Waals surface area contributed by atoms with Crippen LogP contribution in [0.25, 0.3) is 0 Å². The monoisotopic (exact) mass is 439 g/mol. The number of carbonyl (C=O) groups excluding carboxylic acids is 2. The van der Waals surface area contributed by atoms with Gasteiger partial charge >= 0.3 is 6.03 Å². The zero-order valence-electron chi connectivity index (χ0n) is 18.2. The van der Waals surface area contributed by atoms with E-state index in [-0.39, 0.29) is 11.9 Å². The van der Waals surface area contributed by atoms with E-state index in [2.05, 4.69) is 10.3 Å². The summed E-state index contributed by atoms with van der Waals surface area (Å²) in [6.07, 6.45) is 0. The van der Waals surface area contributed by atoms with Crippen LogP contribution in [0.2, 0.25) is 0 Å². The summed E-state index contributed by atoms with van der Waals surface area (Å²) in [5, 5.41) is 0. The van der Waals surface area contributed by atoms with Gasteiger partial charge in [0.25, 0.3) is 5.91 Å². The minimum absolute atomic E-state index is 0.0495. The molecule has 0 aromatic heterocycles. The maximum Gasteiger partial charge on any atom is 0.324 e. The fourth-order valence-electron chi connectivity index (χ4n) is 3.96. The van der Waals surface area contributed by atoms with Crippen LogP contribution >= 0.6 is 0 Å². The Hall–Kier alpha value is -3.14. The van der Waals surface area contributed by atoms with E-state index in [1.807, 2.05) is 41.3 Å². The van der Waals surface area contributed by atoms with E-state index >= 15 is 0 Å². The molecule has 170 valence electrons. The first-order chi connectivity index (χ1) is 15.6. The van der Waals surface area contributed by atoms with Crippen LogP contribution in [-0.2, 0) is 11.3 Å². The fourth-order valence-corrected chi connectivity index (χ4v) is 3.96. The van der Waals surface area contributed by atoms with Crippen LogP contribution in [0.3, 0.4) is 0 Å². The van der Waals surface area contributed by atoms with Gasteiger partial charge in [-0.1, -0.05) is 18.2 Å². The molecule has 2 saturated heterocycles. The average molecular weight is 440 g/mol. The third-order valence-electron chi connectivity index (χ3n) is 6.01. The SMILES string of the molecule is COc1cccc(N(Cc2ccc(C(=O)NN)cc2)C(=O)N2CCN(C3COC3)CC2)c1. The van der Waals surface area contributed by atoms with Gasteiger partial charge in [0.1, 0.15) is 5.75 Å². The second-order valence-electron chi connectivity index (χ2n) is 7.95. The highest BCUT2D eigenvalue weighted by Crippen LogP contribution is 2.25. The third-order valence-corrected chi connectivity index (χ3v) is 6.01. The van der Waals surface area contributed by atoms with Gasteiger partial charge < -0.3 is 14.4 Å². The molecule has 9 heteroatoms. The molecule has 0 atom stereocenters. The zero-order chi connectivity index (χ0) is 22.5. The lowest BCUT2D eigenvalue weighted by atomic mass is 10.1. The van der Waals surface area contributed by atoms with Crippen LogP contribution in [-0.4, -0.2) is 74.3 Å². The van der Waals surface area contributed by atoms with Crippen molar-refractivity contribution < 1.29 is 19.1 Å². The summed E-state index contributed by atoms with van der Waals surface area (Å²) in [4.78, 5) is 31.3. The number of nitrogen functional groups attached to an aromatic ring is 1. The molecule has 2 aromatic rings. The van der Waals surface area contributed by atoms with Crippen LogP contribution in [0.5, 0.6) is 5.75 Å². The highest BCUT2D eigenvalue weighted by Gasteiger charge is 2.32. The predicted octanol–water partition coefficient (Wildman–Crippen LogP) is 1.44. The maximum atomic E-state index is 13.6. The first-order valence-electron chi connectivity index (χ1n) is 10.7. The summed E-state index contributed by atoms with van der Waals surface area (Å²) in [5.41, 5.74) is 4.25. The van der Waals surface area contributed by atoms with Crippen LogP contribution in [0, 0.1) is 0 Å². The number of piperazine rings is 1. The Morgan fingerprint density at radius 3 is 2.44 bits per heavy atom. The summed E-state index contributed by atoms with van der Waals surface area (Å²) in [6.45, 7) is 4.96. The number of amides is 3. The largest absolute Gasteiger partial charge is 0.497 e. The summed E-state index contributed by atoms with van der Waals surface area (Å²) in [7, 11) is 1.61. The van der Waals surface area contributed by atoms with Gasteiger partial charge in [-0.25, -0.2) is 10.6 Å². The standard InChI is InChI=1S/C23H29N5O4/c1-31-21-4-2-3-19(13-21)28(14-17-5-7-18(8-6-17)22(29)25-24)23(30)27-11-9-26(10-12-27)20-15-32-16-20/h2-8,13,20H,9-12,14-16,24H2,1H3,(H,25,29). The smallest absolute Gasteiger partial charge is 0.324 e. The number of benzene rings is 2. The van der Waals surface area contributed by atoms with E-state index in [9.17, 15) is 9.59 Å². The first-order valence-corrected chi connectivity index (χ1v) is 10.7. The number of nitrogens with two attached hydrogens (primary N) is 1. The Balaban J connectivity index is 1.52. The second kappa shape index (κ2) is 9.99. The molecule has 3 N–H and O–H groups in total. The lowest BCUT2D eigenvalue weighted by Gasteiger charge is -2.43. The molecule has 4 rings (SSSR count). The van der Waals surface area contributed by atoms with Crippen molar-refractivity contribution in [2.24, 2.45) is 5.84 Å². The van der Waals surface area contributed by atoms with Gasteiger partial charge in [0.15, 0.2) is 0 Å². The van der Waals surface area contributed by atoms with Crippen molar-refractivity contribution in [3.05, 3.63) is 59.7 Å². The molecule has 0 radical (unpaired) electrons. The number of ether oxygens (including phenoxy) is 2. The van der Waals surface area contributed by atoms with E-state index in [0.29, 0.717) is 37.0 Å². The molecule has 9 nitrogen and oxygen atoms in total. The fraction of sp³-hybridized carbons (Fsp3) is 0.391. The Kier molecular flexibility index (Phi) is 6.89. The number of hydrazine groups is 1. The molecule has 0 aliphatic carbocycles. The van der Waals surface area contributed by atoms with E-state index in [1.165, 1.54) is 0 Å². The van der Waals surface area contributed by atoms with Crippen molar-refractivity contribution in [3.8, 4) is 5.75 Å². The van der Waals surface area contributed by atoms with E-state index in [4.69, 9.17) is 15.3 Å².